The van der Waals surface area contributed by atoms with Gasteiger partial charge in [0.05, 0.1) is 17.8 Å². The number of hydrogen-bond donors (Lipinski definition) is 3. The number of ether oxygens (including phenoxy) is 2. The molecule has 2 saturated carbocycles. The summed E-state index contributed by atoms with van der Waals surface area (Å²) < 4.78 is 11.8. The van der Waals surface area contributed by atoms with Crippen LogP contribution in [0.2, 0.25) is 0 Å². The van der Waals surface area contributed by atoms with Crippen LogP contribution < -0.4 is 0 Å². The summed E-state index contributed by atoms with van der Waals surface area (Å²) in [5.41, 5.74) is -7.00. The molecule has 3 aliphatic rings. The van der Waals surface area contributed by atoms with Crippen LogP contribution in [0.1, 0.15) is 60.8 Å². The molecule has 3 fully saturated rings. The lowest BCUT2D eigenvalue weighted by atomic mass is 9.40. The first-order valence-electron chi connectivity index (χ1n) is 10.2. The van der Waals surface area contributed by atoms with Crippen molar-refractivity contribution < 1.29 is 34.4 Å². The molecule has 164 valence electrons. The fourth-order valence-corrected chi connectivity index (χ4v) is 6.66. The van der Waals surface area contributed by atoms with Crippen LogP contribution in [0.3, 0.4) is 0 Å². The molecule has 7 heteroatoms. The van der Waals surface area contributed by atoms with Gasteiger partial charge in [0.15, 0.2) is 17.5 Å². The maximum atomic E-state index is 13.6. The van der Waals surface area contributed by atoms with Crippen LogP contribution in [0, 0.1) is 16.7 Å². The number of fused-ring (bicyclic) bond motifs is 3. The number of ketones is 1. The fourth-order valence-electron chi connectivity index (χ4n) is 6.66. The Balaban J connectivity index is 2.33. The second-order valence-corrected chi connectivity index (χ2v) is 10.4. The van der Waals surface area contributed by atoms with Gasteiger partial charge >= 0.3 is 5.97 Å². The molecule has 3 N–H and O–H groups in total. The summed E-state index contributed by atoms with van der Waals surface area (Å²) >= 11 is 0. The molecule has 1 heterocycles. The summed E-state index contributed by atoms with van der Waals surface area (Å²) in [6, 6.07) is 0. The molecule has 1 saturated heterocycles. The second-order valence-electron chi connectivity index (χ2n) is 10.4. The quantitative estimate of drug-likeness (QED) is 0.467. The first-order valence-corrected chi connectivity index (χ1v) is 10.2. The average Bonchev–Trinajstić information content (AvgIpc) is 2.59. The van der Waals surface area contributed by atoms with E-state index in [1.165, 1.54) is 19.9 Å². The zero-order valence-electron chi connectivity index (χ0n) is 18.2. The molecule has 0 amide bonds. The van der Waals surface area contributed by atoms with Crippen molar-refractivity contribution >= 4 is 11.8 Å². The zero-order chi connectivity index (χ0) is 22.2. The van der Waals surface area contributed by atoms with Gasteiger partial charge in [-0.05, 0) is 32.1 Å². The van der Waals surface area contributed by atoms with E-state index in [2.05, 4.69) is 6.58 Å². The minimum Gasteiger partial charge on any atom is -0.457 e. The van der Waals surface area contributed by atoms with Gasteiger partial charge in [-0.3, -0.25) is 9.59 Å². The number of aliphatic hydroxyl groups excluding tert-OH is 2. The van der Waals surface area contributed by atoms with Gasteiger partial charge in [0.25, 0.3) is 0 Å². The van der Waals surface area contributed by atoms with E-state index in [1.54, 1.807) is 13.8 Å². The van der Waals surface area contributed by atoms with Gasteiger partial charge in [-0.15, -0.1) is 6.58 Å². The molecule has 7 nitrogen and oxygen atoms in total. The molecule has 29 heavy (non-hydrogen) atoms. The number of carbonyl (C=O) groups is 2. The third kappa shape index (κ3) is 2.63. The Morgan fingerprint density at radius 3 is 2.34 bits per heavy atom. The Morgan fingerprint density at radius 1 is 1.24 bits per heavy atom. The normalized spacial score (nSPS) is 51.6. The number of aliphatic hydroxyl groups is 3. The number of carbonyl (C=O) groups excluding carboxylic acids is 2. The first kappa shape index (κ1) is 22.4. The predicted molar refractivity (Wildman–Crippen MR) is 105 cm³/mol. The van der Waals surface area contributed by atoms with E-state index >= 15 is 0 Å². The molecular formula is C22H34O7. The molecule has 0 aromatic carbocycles. The van der Waals surface area contributed by atoms with Crippen molar-refractivity contribution in [3.63, 3.8) is 0 Å². The Kier molecular flexibility index (Phi) is 4.91. The van der Waals surface area contributed by atoms with Gasteiger partial charge in [-0.25, -0.2) is 0 Å². The van der Waals surface area contributed by atoms with Crippen molar-refractivity contribution in [2.75, 3.05) is 0 Å². The number of rotatable bonds is 2. The molecule has 0 aromatic heterocycles. The molecule has 4 unspecified atom stereocenters. The van der Waals surface area contributed by atoms with Crippen molar-refractivity contribution in [2.45, 2.75) is 95.9 Å². The molecule has 2 aliphatic carbocycles. The lowest BCUT2D eigenvalue weighted by molar-refractivity contribution is -0.370. The second kappa shape index (κ2) is 6.36. The van der Waals surface area contributed by atoms with Crippen molar-refractivity contribution in [3.8, 4) is 0 Å². The van der Waals surface area contributed by atoms with E-state index < -0.39 is 63.6 Å². The highest BCUT2D eigenvalue weighted by Gasteiger charge is 2.81. The fraction of sp³-hybridized carbons (Fsp3) is 0.818. The van der Waals surface area contributed by atoms with Gasteiger partial charge in [0, 0.05) is 24.7 Å². The summed E-state index contributed by atoms with van der Waals surface area (Å²) in [6.45, 7) is 13.6. The van der Waals surface area contributed by atoms with Crippen LogP contribution in [-0.2, 0) is 19.1 Å². The third-order valence-corrected chi connectivity index (χ3v) is 8.02. The van der Waals surface area contributed by atoms with Crippen LogP contribution >= 0.6 is 0 Å². The molecule has 0 spiro atoms. The van der Waals surface area contributed by atoms with Crippen molar-refractivity contribution in [2.24, 2.45) is 16.7 Å². The summed E-state index contributed by atoms with van der Waals surface area (Å²) in [5.74, 6) is -1.87. The van der Waals surface area contributed by atoms with E-state index in [9.17, 15) is 24.9 Å². The van der Waals surface area contributed by atoms with Crippen molar-refractivity contribution in [1.82, 2.24) is 0 Å². The third-order valence-electron chi connectivity index (χ3n) is 8.02. The van der Waals surface area contributed by atoms with Crippen molar-refractivity contribution in [1.29, 1.82) is 0 Å². The minimum absolute atomic E-state index is 0.138. The van der Waals surface area contributed by atoms with E-state index in [0.717, 1.165) is 0 Å². The Labute approximate surface area is 172 Å². The van der Waals surface area contributed by atoms with Gasteiger partial charge in [-0.1, -0.05) is 26.8 Å². The average molecular weight is 411 g/mol. The van der Waals surface area contributed by atoms with Crippen LogP contribution in [0.25, 0.3) is 0 Å². The summed E-state index contributed by atoms with van der Waals surface area (Å²) in [6.07, 6.45) is -1.29. The maximum absolute atomic E-state index is 13.6. The van der Waals surface area contributed by atoms with Gasteiger partial charge < -0.3 is 24.8 Å². The van der Waals surface area contributed by atoms with Crippen LogP contribution in [0.4, 0.5) is 0 Å². The van der Waals surface area contributed by atoms with Crippen LogP contribution in [0.5, 0.6) is 0 Å². The molecule has 0 aromatic rings. The lowest BCUT2D eigenvalue weighted by Gasteiger charge is -2.71. The molecule has 1 aliphatic heterocycles. The molecule has 0 bridgehead atoms. The predicted octanol–water partition coefficient (Wildman–Crippen LogP) is 1.52. The van der Waals surface area contributed by atoms with Crippen LogP contribution in [-0.4, -0.2) is 62.2 Å². The van der Waals surface area contributed by atoms with Gasteiger partial charge in [0.1, 0.15) is 5.60 Å². The molecule has 3 rings (SSSR count). The highest BCUT2D eigenvalue weighted by atomic mass is 16.6. The minimum atomic E-state index is -2.18. The molecule has 0 radical (unpaired) electrons. The Bertz CT molecular complexity index is 747. The van der Waals surface area contributed by atoms with Crippen LogP contribution in [0.15, 0.2) is 12.7 Å². The van der Waals surface area contributed by atoms with E-state index in [4.69, 9.17) is 9.47 Å². The van der Waals surface area contributed by atoms with Gasteiger partial charge in [0.2, 0.25) is 0 Å². The van der Waals surface area contributed by atoms with E-state index in [-0.39, 0.29) is 6.42 Å². The smallest absolute Gasteiger partial charge is 0.303 e. The maximum Gasteiger partial charge on any atom is 0.303 e. The number of hydrogen-bond acceptors (Lipinski definition) is 7. The molecule has 8 atom stereocenters. The highest BCUT2D eigenvalue weighted by molar-refractivity contribution is 5.92. The van der Waals surface area contributed by atoms with Crippen molar-refractivity contribution in [3.05, 3.63) is 12.7 Å². The Morgan fingerprint density at radius 2 is 1.83 bits per heavy atom. The standard InChI is InChI=1S/C22H34O7/c1-8-19(5)11-14(25)22(27)20(6)13(24)9-10-18(3,4)16(20)15(26)17(28-12(2)23)21(22,7)29-19/h8,13,15-17,24,26-27H,1,9-11H2,2-7H3/t13-,15?,16?,17?,19-,20?,21+,22-/m0/s1. The SMILES string of the molecule is C=C[C@@]1(C)CC(=O)[C@]2(O)C3(C)C(C(O)C(OC(C)=O)[C@@]2(C)O1)C(C)(C)CC[C@@H]3O. The van der Waals surface area contributed by atoms with E-state index in [1.807, 2.05) is 13.8 Å². The summed E-state index contributed by atoms with van der Waals surface area (Å²) in [4.78, 5) is 25.5. The zero-order valence-corrected chi connectivity index (χ0v) is 18.2. The monoisotopic (exact) mass is 410 g/mol. The summed E-state index contributed by atoms with van der Waals surface area (Å²) in [5, 5.41) is 34.7. The number of Topliss-reactive ketones (excluding diaryl/α,β-unsaturated/α-hetero) is 1. The van der Waals surface area contributed by atoms with Gasteiger partial charge in [-0.2, -0.15) is 0 Å². The Hall–Kier alpha value is -1.28. The van der Waals surface area contributed by atoms with E-state index in [0.29, 0.717) is 12.8 Å². The molecular weight excluding hydrogens is 376 g/mol. The highest BCUT2D eigenvalue weighted by Crippen LogP contribution is 2.66. The summed E-state index contributed by atoms with van der Waals surface area (Å²) in [7, 11) is 0. The number of esters is 1. The first-order chi connectivity index (χ1) is 13.1. The largest absolute Gasteiger partial charge is 0.457 e. The lowest BCUT2D eigenvalue weighted by Crippen LogP contribution is -2.86. The topological polar surface area (TPSA) is 113 Å².